The number of benzene rings is 2. The van der Waals surface area contributed by atoms with Gasteiger partial charge in [-0.1, -0.05) is 48.0 Å². The number of ether oxygens (including phenoxy) is 1. The Morgan fingerprint density at radius 1 is 1.03 bits per heavy atom. The van der Waals surface area contributed by atoms with Crippen LogP contribution < -0.4 is 0 Å². The van der Waals surface area contributed by atoms with Gasteiger partial charge < -0.3 is 9.72 Å². The van der Waals surface area contributed by atoms with E-state index in [9.17, 15) is 13.2 Å². The number of H-pyrrole nitrogens is 1. The van der Waals surface area contributed by atoms with E-state index < -0.39 is 16.0 Å². The minimum absolute atomic E-state index is 0.0788. The van der Waals surface area contributed by atoms with E-state index in [1.54, 1.807) is 57.2 Å². The molecule has 0 amide bonds. The van der Waals surface area contributed by atoms with Gasteiger partial charge in [-0.05, 0) is 62.1 Å². The van der Waals surface area contributed by atoms with Gasteiger partial charge in [0.05, 0.1) is 11.5 Å². The third kappa shape index (κ3) is 4.90. The number of aryl methyl sites for hydroxylation is 2. The summed E-state index contributed by atoms with van der Waals surface area (Å²) in [6, 6.07) is 14.1. The summed E-state index contributed by atoms with van der Waals surface area (Å²) >= 11 is 6.35. The number of aromatic nitrogens is 1. The first-order valence-corrected chi connectivity index (χ1v) is 12.1. The first kappa shape index (κ1) is 24.0. The SMILES string of the molecule is CCOC(=O)c1[nH]c(C)c(CN(Cc2ccccc2Cl)S(=O)(=O)c2ccccc2C)c1C. The molecule has 3 rings (SSSR count). The van der Waals surface area contributed by atoms with Gasteiger partial charge in [0.25, 0.3) is 0 Å². The minimum Gasteiger partial charge on any atom is -0.461 e. The Hall–Kier alpha value is -2.61. The Bertz CT molecular complexity index is 1230. The number of hydrogen-bond donors (Lipinski definition) is 1. The molecule has 0 unspecified atom stereocenters. The standard InChI is InChI=1S/C24H27ClN2O4S/c1-5-31-24(28)23-17(3)20(18(4)26-23)15-27(14-19-11-7-8-12-21(19)25)32(29,30)22-13-9-6-10-16(22)2/h6-13,26H,5,14-15H2,1-4H3. The number of carbonyl (C=O) groups excluding carboxylic acids is 1. The number of nitrogens with one attached hydrogen (secondary N) is 1. The second-order valence-electron chi connectivity index (χ2n) is 7.58. The van der Waals surface area contributed by atoms with E-state index in [4.69, 9.17) is 16.3 Å². The maximum absolute atomic E-state index is 13.7. The largest absolute Gasteiger partial charge is 0.461 e. The molecule has 0 aliphatic heterocycles. The zero-order chi connectivity index (χ0) is 23.5. The third-order valence-electron chi connectivity index (χ3n) is 5.42. The fourth-order valence-corrected chi connectivity index (χ4v) is 5.44. The molecule has 0 spiro atoms. The summed E-state index contributed by atoms with van der Waals surface area (Å²) in [6.45, 7) is 7.55. The molecule has 0 radical (unpaired) electrons. The van der Waals surface area contributed by atoms with Crippen LogP contribution in [0.1, 0.15) is 45.4 Å². The molecule has 0 aliphatic rings. The van der Waals surface area contributed by atoms with Gasteiger partial charge in [0.2, 0.25) is 10.0 Å². The molecular formula is C24H27ClN2O4S. The zero-order valence-electron chi connectivity index (χ0n) is 18.6. The van der Waals surface area contributed by atoms with Crippen LogP contribution in [0.15, 0.2) is 53.4 Å². The molecule has 0 saturated carbocycles. The smallest absolute Gasteiger partial charge is 0.355 e. The number of sulfonamides is 1. The van der Waals surface area contributed by atoms with Crippen molar-refractivity contribution in [2.45, 2.75) is 45.7 Å². The molecule has 32 heavy (non-hydrogen) atoms. The number of hydrogen-bond acceptors (Lipinski definition) is 4. The average Bonchev–Trinajstić information content (AvgIpc) is 3.03. The molecule has 1 heterocycles. The molecule has 1 N–H and O–H groups in total. The van der Waals surface area contributed by atoms with Crippen molar-refractivity contribution in [2.75, 3.05) is 6.61 Å². The highest BCUT2D eigenvalue weighted by Gasteiger charge is 2.29. The second-order valence-corrected chi connectivity index (χ2v) is 9.89. The average molecular weight is 475 g/mol. The normalized spacial score (nSPS) is 11.7. The van der Waals surface area contributed by atoms with E-state index in [2.05, 4.69) is 4.98 Å². The second kappa shape index (κ2) is 9.90. The first-order valence-electron chi connectivity index (χ1n) is 10.3. The Morgan fingerprint density at radius 3 is 2.34 bits per heavy atom. The molecule has 8 heteroatoms. The van der Waals surface area contributed by atoms with Crippen LogP contribution in [0, 0.1) is 20.8 Å². The lowest BCUT2D eigenvalue weighted by Gasteiger charge is -2.24. The lowest BCUT2D eigenvalue weighted by molar-refractivity contribution is 0.0519. The highest BCUT2D eigenvalue weighted by Crippen LogP contribution is 2.28. The van der Waals surface area contributed by atoms with Crippen molar-refractivity contribution in [3.8, 4) is 0 Å². The highest BCUT2D eigenvalue weighted by molar-refractivity contribution is 7.89. The predicted octanol–water partition coefficient (Wildman–Crippen LogP) is 5.16. The van der Waals surface area contributed by atoms with Crippen LogP contribution in [0.2, 0.25) is 5.02 Å². The number of carbonyl (C=O) groups is 1. The zero-order valence-corrected chi connectivity index (χ0v) is 20.2. The van der Waals surface area contributed by atoms with Gasteiger partial charge in [-0.3, -0.25) is 0 Å². The van der Waals surface area contributed by atoms with E-state index in [0.717, 1.165) is 11.3 Å². The van der Waals surface area contributed by atoms with Gasteiger partial charge in [-0.2, -0.15) is 4.31 Å². The van der Waals surface area contributed by atoms with Gasteiger partial charge in [0.1, 0.15) is 5.69 Å². The van der Waals surface area contributed by atoms with Crippen LogP contribution in [0.5, 0.6) is 0 Å². The van der Waals surface area contributed by atoms with Crippen molar-refractivity contribution < 1.29 is 17.9 Å². The molecule has 0 atom stereocenters. The number of esters is 1. The Kier molecular flexibility index (Phi) is 7.44. The number of aromatic amines is 1. The summed E-state index contributed by atoms with van der Waals surface area (Å²) < 4.78 is 34.0. The van der Waals surface area contributed by atoms with E-state index in [0.29, 0.717) is 27.4 Å². The van der Waals surface area contributed by atoms with E-state index in [1.165, 1.54) is 4.31 Å². The fraction of sp³-hybridized carbons (Fsp3) is 0.292. The molecule has 0 aliphatic carbocycles. The van der Waals surface area contributed by atoms with Crippen molar-refractivity contribution in [3.05, 3.63) is 87.2 Å². The van der Waals surface area contributed by atoms with Crippen molar-refractivity contribution >= 4 is 27.6 Å². The molecule has 2 aromatic carbocycles. The van der Waals surface area contributed by atoms with Crippen LogP contribution in [0.25, 0.3) is 0 Å². The number of rotatable bonds is 8. The predicted molar refractivity (Wildman–Crippen MR) is 125 cm³/mol. The third-order valence-corrected chi connectivity index (χ3v) is 7.74. The molecule has 3 aromatic rings. The molecule has 0 bridgehead atoms. The maximum Gasteiger partial charge on any atom is 0.355 e. The lowest BCUT2D eigenvalue weighted by Crippen LogP contribution is -2.31. The summed E-state index contributed by atoms with van der Waals surface area (Å²) in [7, 11) is -3.85. The van der Waals surface area contributed by atoms with Gasteiger partial charge in [-0.25, -0.2) is 13.2 Å². The van der Waals surface area contributed by atoms with Crippen LogP contribution in [0.3, 0.4) is 0 Å². The van der Waals surface area contributed by atoms with Gasteiger partial charge >= 0.3 is 5.97 Å². The van der Waals surface area contributed by atoms with Crippen molar-refractivity contribution in [2.24, 2.45) is 0 Å². The van der Waals surface area contributed by atoms with Crippen molar-refractivity contribution in [3.63, 3.8) is 0 Å². The Morgan fingerprint density at radius 2 is 1.69 bits per heavy atom. The highest BCUT2D eigenvalue weighted by atomic mass is 35.5. The molecule has 6 nitrogen and oxygen atoms in total. The summed E-state index contributed by atoms with van der Waals surface area (Å²) in [6.07, 6.45) is 0. The van der Waals surface area contributed by atoms with Crippen molar-refractivity contribution in [1.29, 1.82) is 0 Å². The first-order chi connectivity index (χ1) is 15.2. The van der Waals surface area contributed by atoms with Crippen LogP contribution in [0.4, 0.5) is 0 Å². The van der Waals surface area contributed by atoms with E-state index in [-0.39, 0.29) is 24.6 Å². The molecule has 0 saturated heterocycles. The van der Waals surface area contributed by atoms with Gasteiger partial charge in [0, 0.05) is 23.8 Å². The number of halogens is 1. The monoisotopic (exact) mass is 474 g/mol. The van der Waals surface area contributed by atoms with Crippen LogP contribution in [-0.2, 0) is 27.8 Å². The van der Waals surface area contributed by atoms with Gasteiger partial charge in [-0.15, -0.1) is 0 Å². The summed E-state index contributed by atoms with van der Waals surface area (Å²) in [5, 5.41) is 0.493. The minimum atomic E-state index is -3.85. The summed E-state index contributed by atoms with van der Waals surface area (Å²) in [5.74, 6) is -0.459. The fourth-order valence-electron chi connectivity index (χ4n) is 3.64. The van der Waals surface area contributed by atoms with Gasteiger partial charge in [0.15, 0.2) is 0 Å². The number of nitrogens with zero attached hydrogens (tertiary/aromatic N) is 1. The molecule has 170 valence electrons. The summed E-state index contributed by atoms with van der Waals surface area (Å²) in [5.41, 5.74) is 3.82. The summed E-state index contributed by atoms with van der Waals surface area (Å²) in [4.78, 5) is 15.6. The van der Waals surface area contributed by atoms with Crippen LogP contribution in [-0.4, -0.2) is 30.3 Å². The lowest BCUT2D eigenvalue weighted by atomic mass is 10.1. The van der Waals surface area contributed by atoms with E-state index >= 15 is 0 Å². The van der Waals surface area contributed by atoms with E-state index in [1.807, 2.05) is 19.1 Å². The van der Waals surface area contributed by atoms with Crippen LogP contribution >= 0.6 is 11.6 Å². The molecule has 0 fully saturated rings. The Labute approximate surface area is 194 Å². The maximum atomic E-state index is 13.7. The topological polar surface area (TPSA) is 79.5 Å². The molecule has 1 aromatic heterocycles. The quantitative estimate of drug-likeness (QED) is 0.457. The Balaban J connectivity index is 2.07. The van der Waals surface area contributed by atoms with Crippen molar-refractivity contribution in [1.82, 2.24) is 9.29 Å². The molecular weight excluding hydrogens is 448 g/mol.